The first-order valence-corrected chi connectivity index (χ1v) is 6.86. The second kappa shape index (κ2) is 5.68. The zero-order valence-corrected chi connectivity index (χ0v) is 11.3. The fourth-order valence-electron chi connectivity index (χ4n) is 1.87. The normalized spacial score (nSPS) is 14.6. The van der Waals surface area contributed by atoms with Gasteiger partial charge in [-0.1, -0.05) is 11.6 Å². The van der Waals surface area contributed by atoms with E-state index in [1.165, 1.54) is 18.4 Å². The van der Waals surface area contributed by atoms with E-state index < -0.39 is 0 Å². The van der Waals surface area contributed by atoms with Gasteiger partial charge in [-0.2, -0.15) is 0 Å². The molecule has 0 spiro atoms. The van der Waals surface area contributed by atoms with Crippen molar-refractivity contribution in [3.8, 4) is 5.75 Å². The van der Waals surface area contributed by atoms with E-state index in [1.54, 1.807) is 6.26 Å². The number of hydrogen-bond acceptors (Lipinski definition) is 3. The quantitative estimate of drug-likeness (QED) is 0.873. The predicted octanol–water partition coefficient (Wildman–Crippen LogP) is 3.76. The molecule has 1 aromatic heterocycles. The molecular weight excluding hydrogens is 262 g/mol. The molecule has 1 N–H and O–H groups in total. The highest BCUT2D eigenvalue weighted by Crippen LogP contribution is 2.21. The van der Waals surface area contributed by atoms with Crippen molar-refractivity contribution >= 4 is 11.6 Å². The van der Waals surface area contributed by atoms with Crippen LogP contribution < -0.4 is 10.1 Å². The number of benzene rings is 1. The van der Waals surface area contributed by atoms with Gasteiger partial charge in [-0.25, -0.2) is 0 Å². The number of halogens is 1. The van der Waals surface area contributed by atoms with Crippen molar-refractivity contribution < 1.29 is 9.15 Å². The highest BCUT2D eigenvalue weighted by Gasteiger charge is 2.20. The molecule has 19 heavy (non-hydrogen) atoms. The summed E-state index contributed by atoms with van der Waals surface area (Å²) in [6.45, 7) is 1.29. The molecule has 4 heteroatoms. The van der Waals surface area contributed by atoms with E-state index in [0.717, 1.165) is 18.1 Å². The third kappa shape index (κ3) is 3.52. The summed E-state index contributed by atoms with van der Waals surface area (Å²) < 4.78 is 11.2. The van der Waals surface area contributed by atoms with Gasteiger partial charge < -0.3 is 14.5 Å². The van der Waals surface area contributed by atoms with E-state index in [0.29, 0.717) is 17.7 Å². The second-order valence-electron chi connectivity index (χ2n) is 4.77. The van der Waals surface area contributed by atoms with Gasteiger partial charge in [0.15, 0.2) is 0 Å². The molecule has 3 rings (SSSR count). The third-order valence-corrected chi connectivity index (χ3v) is 3.43. The minimum atomic E-state index is 0.441. The van der Waals surface area contributed by atoms with Gasteiger partial charge in [0.05, 0.1) is 6.26 Å². The summed E-state index contributed by atoms with van der Waals surface area (Å²) in [5, 5.41) is 4.18. The van der Waals surface area contributed by atoms with Crippen molar-refractivity contribution in [3.63, 3.8) is 0 Å². The monoisotopic (exact) mass is 277 g/mol. The van der Waals surface area contributed by atoms with E-state index in [-0.39, 0.29) is 0 Å². The van der Waals surface area contributed by atoms with Crippen LogP contribution in [0.2, 0.25) is 5.02 Å². The average molecular weight is 278 g/mol. The number of furan rings is 1. The minimum absolute atomic E-state index is 0.441. The summed E-state index contributed by atoms with van der Waals surface area (Å²) in [5.41, 5.74) is 1.17. The van der Waals surface area contributed by atoms with Gasteiger partial charge >= 0.3 is 0 Å². The van der Waals surface area contributed by atoms with Crippen LogP contribution in [0.5, 0.6) is 5.75 Å². The van der Waals surface area contributed by atoms with Crippen molar-refractivity contribution in [1.29, 1.82) is 0 Å². The Hall–Kier alpha value is -1.45. The molecule has 1 fully saturated rings. The van der Waals surface area contributed by atoms with Gasteiger partial charge in [-0.3, -0.25) is 0 Å². The smallest absolute Gasteiger partial charge is 0.146 e. The summed E-state index contributed by atoms with van der Waals surface area (Å²) in [6.07, 6.45) is 4.29. The van der Waals surface area contributed by atoms with Crippen molar-refractivity contribution in [3.05, 3.63) is 52.9 Å². The standard InChI is InChI=1S/C15H16ClNO2/c16-12-1-5-14(6-2-12)19-10-15-11(7-8-18-15)9-17-13-3-4-13/h1-2,5-8,13,17H,3-4,9-10H2. The maximum absolute atomic E-state index is 5.83. The Labute approximate surface area is 117 Å². The lowest BCUT2D eigenvalue weighted by atomic mass is 10.2. The molecule has 0 aliphatic heterocycles. The Bertz CT molecular complexity index is 531. The van der Waals surface area contributed by atoms with Crippen LogP contribution in [0.15, 0.2) is 41.0 Å². The van der Waals surface area contributed by atoms with Crippen molar-refractivity contribution in [2.75, 3.05) is 0 Å². The van der Waals surface area contributed by atoms with Gasteiger partial charge in [0, 0.05) is 23.2 Å². The molecule has 100 valence electrons. The Morgan fingerprint density at radius 3 is 2.74 bits per heavy atom. The first kappa shape index (κ1) is 12.6. The first-order chi connectivity index (χ1) is 9.31. The molecule has 1 heterocycles. The molecule has 1 aliphatic rings. The number of rotatable bonds is 6. The number of hydrogen-bond donors (Lipinski definition) is 1. The largest absolute Gasteiger partial charge is 0.486 e. The Morgan fingerprint density at radius 2 is 2.00 bits per heavy atom. The summed E-state index contributed by atoms with van der Waals surface area (Å²) in [7, 11) is 0. The van der Waals surface area contributed by atoms with Crippen LogP contribution in [-0.4, -0.2) is 6.04 Å². The van der Waals surface area contributed by atoms with E-state index in [4.69, 9.17) is 20.8 Å². The molecule has 0 atom stereocenters. The van der Waals surface area contributed by atoms with Crippen molar-refractivity contribution in [2.24, 2.45) is 0 Å². The van der Waals surface area contributed by atoms with E-state index >= 15 is 0 Å². The Morgan fingerprint density at radius 1 is 1.21 bits per heavy atom. The molecule has 3 nitrogen and oxygen atoms in total. The lowest BCUT2D eigenvalue weighted by Crippen LogP contribution is -2.16. The molecule has 1 saturated carbocycles. The summed E-state index contributed by atoms with van der Waals surface area (Å²) in [4.78, 5) is 0. The zero-order chi connectivity index (χ0) is 13.1. The van der Waals surface area contributed by atoms with Crippen molar-refractivity contribution in [1.82, 2.24) is 5.32 Å². The number of ether oxygens (including phenoxy) is 1. The topological polar surface area (TPSA) is 34.4 Å². The predicted molar refractivity (Wildman–Crippen MR) is 74.4 cm³/mol. The van der Waals surface area contributed by atoms with Crippen LogP contribution in [-0.2, 0) is 13.2 Å². The van der Waals surface area contributed by atoms with E-state index in [9.17, 15) is 0 Å². The fourth-order valence-corrected chi connectivity index (χ4v) is 2.00. The van der Waals surface area contributed by atoms with Crippen LogP contribution in [0, 0.1) is 0 Å². The lowest BCUT2D eigenvalue weighted by molar-refractivity contribution is 0.268. The van der Waals surface area contributed by atoms with Crippen LogP contribution in [0.25, 0.3) is 0 Å². The molecular formula is C15H16ClNO2. The van der Waals surface area contributed by atoms with Gasteiger partial charge in [-0.15, -0.1) is 0 Å². The molecule has 1 aliphatic carbocycles. The van der Waals surface area contributed by atoms with Crippen LogP contribution >= 0.6 is 11.6 Å². The van der Waals surface area contributed by atoms with Crippen LogP contribution in [0.3, 0.4) is 0 Å². The average Bonchev–Trinajstić information content (AvgIpc) is 3.15. The van der Waals surface area contributed by atoms with Gasteiger partial charge in [0.25, 0.3) is 0 Å². The highest BCUT2D eigenvalue weighted by atomic mass is 35.5. The fraction of sp³-hybridized carbons (Fsp3) is 0.333. The molecule has 0 saturated heterocycles. The zero-order valence-electron chi connectivity index (χ0n) is 10.6. The Kier molecular flexibility index (Phi) is 3.76. The summed E-state index contributed by atoms with van der Waals surface area (Å²) in [5.74, 6) is 1.67. The summed E-state index contributed by atoms with van der Waals surface area (Å²) in [6, 6.07) is 10.0. The Balaban J connectivity index is 1.56. The first-order valence-electron chi connectivity index (χ1n) is 6.48. The lowest BCUT2D eigenvalue weighted by Gasteiger charge is -2.07. The molecule has 0 amide bonds. The maximum atomic E-state index is 5.83. The van der Waals surface area contributed by atoms with Crippen LogP contribution in [0.1, 0.15) is 24.2 Å². The maximum Gasteiger partial charge on any atom is 0.146 e. The van der Waals surface area contributed by atoms with Gasteiger partial charge in [-0.05, 0) is 43.2 Å². The molecule has 1 aromatic carbocycles. The number of nitrogens with one attached hydrogen (secondary N) is 1. The van der Waals surface area contributed by atoms with Crippen LogP contribution in [0.4, 0.5) is 0 Å². The molecule has 0 unspecified atom stereocenters. The van der Waals surface area contributed by atoms with E-state index in [1.807, 2.05) is 30.3 Å². The third-order valence-electron chi connectivity index (χ3n) is 3.18. The molecule has 0 bridgehead atoms. The summed E-state index contributed by atoms with van der Waals surface area (Å²) >= 11 is 5.83. The van der Waals surface area contributed by atoms with Gasteiger partial charge in [0.1, 0.15) is 18.1 Å². The molecule has 0 radical (unpaired) electrons. The van der Waals surface area contributed by atoms with E-state index in [2.05, 4.69) is 5.32 Å². The van der Waals surface area contributed by atoms with Gasteiger partial charge in [0.2, 0.25) is 0 Å². The SMILES string of the molecule is Clc1ccc(OCc2occc2CNC2CC2)cc1. The molecule has 2 aromatic rings. The minimum Gasteiger partial charge on any atom is -0.486 e. The second-order valence-corrected chi connectivity index (χ2v) is 5.20. The highest BCUT2D eigenvalue weighted by molar-refractivity contribution is 6.30. The van der Waals surface area contributed by atoms with Crippen molar-refractivity contribution in [2.45, 2.75) is 32.0 Å².